The van der Waals surface area contributed by atoms with Crippen molar-refractivity contribution in [2.45, 2.75) is 12.5 Å². The van der Waals surface area contributed by atoms with Gasteiger partial charge in [0.05, 0.1) is 0 Å². The van der Waals surface area contributed by atoms with Crippen molar-refractivity contribution < 1.29 is 4.79 Å². The van der Waals surface area contributed by atoms with E-state index in [2.05, 4.69) is 22.6 Å². The SMILES string of the molecule is N[C@@H]1CCN(C(=O)c2ccc(I)cc2)C1. The van der Waals surface area contributed by atoms with E-state index in [0.29, 0.717) is 6.54 Å². The molecule has 2 N–H and O–H groups in total. The summed E-state index contributed by atoms with van der Waals surface area (Å²) >= 11 is 2.23. The molecule has 2 rings (SSSR count). The number of nitrogens with zero attached hydrogens (tertiary/aromatic N) is 1. The molecule has 0 bridgehead atoms. The van der Waals surface area contributed by atoms with Gasteiger partial charge in [0.15, 0.2) is 0 Å². The molecule has 1 atom stereocenters. The molecule has 0 saturated carbocycles. The molecule has 15 heavy (non-hydrogen) atoms. The predicted octanol–water partition coefficient (Wildman–Crippen LogP) is 1.46. The molecule has 1 amide bonds. The minimum atomic E-state index is 0.0966. The van der Waals surface area contributed by atoms with Crippen LogP contribution in [-0.4, -0.2) is 29.9 Å². The number of likely N-dealkylation sites (tertiary alicyclic amines) is 1. The minimum Gasteiger partial charge on any atom is -0.337 e. The smallest absolute Gasteiger partial charge is 0.253 e. The number of carbonyl (C=O) groups excluding carboxylic acids is 1. The van der Waals surface area contributed by atoms with E-state index < -0.39 is 0 Å². The Morgan fingerprint density at radius 2 is 2.07 bits per heavy atom. The first-order valence-electron chi connectivity index (χ1n) is 4.97. The van der Waals surface area contributed by atoms with Crippen molar-refractivity contribution in [2.75, 3.05) is 13.1 Å². The van der Waals surface area contributed by atoms with Crippen molar-refractivity contribution in [3.05, 3.63) is 33.4 Å². The fourth-order valence-electron chi connectivity index (χ4n) is 1.75. The average molecular weight is 316 g/mol. The summed E-state index contributed by atoms with van der Waals surface area (Å²) in [5.41, 5.74) is 6.52. The van der Waals surface area contributed by atoms with E-state index in [1.807, 2.05) is 29.2 Å². The normalized spacial score (nSPS) is 20.7. The maximum atomic E-state index is 12.0. The number of benzene rings is 1. The van der Waals surface area contributed by atoms with Crippen LogP contribution >= 0.6 is 22.6 Å². The Hall–Kier alpha value is -0.620. The van der Waals surface area contributed by atoms with Crippen LogP contribution in [0.5, 0.6) is 0 Å². The molecule has 0 aromatic heterocycles. The molecule has 1 heterocycles. The largest absolute Gasteiger partial charge is 0.337 e. The number of amides is 1. The van der Waals surface area contributed by atoms with Gasteiger partial charge in [0.1, 0.15) is 0 Å². The van der Waals surface area contributed by atoms with Gasteiger partial charge in [-0.3, -0.25) is 4.79 Å². The van der Waals surface area contributed by atoms with Crippen molar-refractivity contribution in [2.24, 2.45) is 5.73 Å². The number of rotatable bonds is 1. The molecular weight excluding hydrogens is 303 g/mol. The highest BCUT2D eigenvalue weighted by Crippen LogP contribution is 2.13. The van der Waals surface area contributed by atoms with Gasteiger partial charge >= 0.3 is 0 Å². The second-order valence-corrected chi connectivity index (χ2v) is 5.05. The summed E-state index contributed by atoms with van der Waals surface area (Å²) in [6.45, 7) is 1.47. The van der Waals surface area contributed by atoms with Crippen molar-refractivity contribution >= 4 is 28.5 Å². The van der Waals surface area contributed by atoms with E-state index in [4.69, 9.17) is 5.73 Å². The fourth-order valence-corrected chi connectivity index (χ4v) is 2.11. The Morgan fingerprint density at radius 1 is 1.40 bits per heavy atom. The van der Waals surface area contributed by atoms with Gasteiger partial charge in [-0.15, -0.1) is 0 Å². The van der Waals surface area contributed by atoms with Crippen LogP contribution in [0, 0.1) is 3.57 Å². The molecule has 3 nitrogen and oxygen atoms in total. The Labute approximate surface area is 103 Å². The molecule has 0 aliphatic carbocycles. The van der Waals surface area contributed by atoms with E-state index in [-0.39, 0.29) is 11.9 Å². The van der Waals surface area contributed by atoms with E-state index in [0.717, 1.165) is 22.1 Å². The number of halogens is 1. The summed E-state index contributed by atoms with van der Waals surface area (Å²) in [6.07, 6.45) is 0.913. The van der Waals surface area contributed by atoms with E-state index in [9.17, 15) is 4.79 Å². The van der Waals surface area contributed by atoms with E-state index >= 15 is 0 Å². The molecule has 0 spiro atoms. The van der Waals surface area contributed by atoms with Gasteiger partial charge in [-0.1, -0.05) is 0 Å². The molecule has 1 aromatic rings. The molecule has 1 aliphatic rings. The van der Waals surface area contributed by atoms with Crippen LogP contribution in [-0.2, 0) is 0 Å². The monoisotopic (exact) mass is 316 g/mol. The van der Waals surface area contributed by atoms with Gasteiger partial charge in [-0.2, -0.15) is 0 Å². The summed E-state index contributed by atoms with van der Waals surface area (Å²) in [5.74, 6) is 0.0966. The number of nitrogens with two attached hydrogens (primary N) is 1. The van der Waals surface area contributed by atoms with Crippen molar-refractivity contribution in [3.63, 3.8) is 0 Å². The summed E-state index contributed by atoms with van der Waals surface area (Å²) in [4.78, 5) is 13.8. The third-order valence-corrected chi connectivity index (χ3v) is 3.32. The topological polar surface area (TPSA) is 46.3 Å². The van der Waals surface area contributed by atoms with Gasteiger partial charge in [-0.05, 0) is 53.3 Å². The predicted molar refractivity (Wildman–Crippen MR) is 67.7 cm³/mol. The van der Waals surface area contributed by atoms with Crippen molar-refractivity contribution in [3.8, 4) is 0 Å². The zero-order valence-electron chi connectivity index (χ0n) is 8.32. The van der Waals surface area contributed by atoms with E-state index in [1.165, 1.54) is 0 Å². The lowest BCUT2D eigenvalue weighted by Crippen LogP contribution is -2.31. The summed E-state index contributed by atoms with van der Waals surface area (Å²) in [5, 5.41) is 0. The second-order valence-electron chi connectivity index (χ2n) is 3.81. The third kappa shape index (κ3) is 2.49. The van der Waals surface area contributed by atoms with Gasteiger partial charge in [-0.25, -0.2) is 0 Å². The molecule has 0 radical (unpaired) electrons. The lowest BCUT2D eigenvalue weighted by molar-refractivity contribution is 0.0791. The number of hydrogen-bond donors (Lipinski definition) is 1. The molecule has 0 unspecified atom stereocenters. The third-order valence-electron chi connectivity index (χ3n) is 2.60. The van der Waals surface area contributed by atoms with E-state index in [1.54, 1.807) is 0 Å². The van der Waals surface area contributed by atoms with Gasteiger partial charge in [0.2, 0.25) is 0 Å². The highest BCUT2D eigenvalue weighted by Gasteiger charge is 2.24. The standard InChI is InChI=1S/C11H13IN2O/c12-9-3-1-8(2-4-9)11(15)14-6-5-10(13)7-14/h1-4,10H,5-7,13H2/t10-/m1/s1. The van der Waals surface area contributed by atoms with Crippen LogP contribution in [0.3, 0.4) is 0 Å². The Kier molecular flexibility index (Phi) is 3.25. The zero-order valence-corrected chi connectivity index (χ0v) is 10.5. The quantitative estimate of drug-likeness (QED) is 0.798. The fraction of sp³-hybridized carbons (Fsp3) is 0.364. The number of hydrogen-bond acceptors (Lipinski definition) is 2. The summed E-state index contributed by atoms with van der Waals surface area (Å²) in [6, 6.07) is 7.79. The lowest BCUT2D eigenvalue weighted by Gasteiger charge is -2.15. The molecule has 1 fully saturated rings. The zero-order chi connectivity index (χ0) is 10.8. The van der Waals surface area contributed by atoms with Crippen LogP contribution in [0.1, 0.15) is 16.8 Å². The minimum absolute atomic E-state index is 0.0966. The first-order valence-corrected chi connectivity index (χ1v) is 6.05. The molecular formula is C11H13IN2O. The van der Waals surface area contributed by atoms with Crippen LogP contribution in [0.2, 0.25) is 0 Å². The highest BCUT2D eigenvalue weighted by molar-refractivity contribution is 14.1. The summed E-state index contributed by atoms with van der Waals surface area (Å²) < 4.78 is 1.14. The van der Waals surface area contributed by atoms with Crippen molar-refractivity contribution in [1.29, 1.82) is 0 Å². The van der Waals surface area contributed by atoms with Gasteiger partial charge < -0.3 is 10.6 Å². The van der Waals surface area contributed by atoms with Crippen LogP contribution in [0.15, 0.2) is 24.3 Å². The van der Waals surface area contributed by atoms with Crippen LogP contribution < -0.4 is 5.73 Å². The van der Waals surface area contributed by atoms with Gasteiger partial charge in [0, 0.05) is 28.3 Å². The first kappa shape index (κ1) is 10.9. The molecule has 1 aromatic carbocycles. The average Bonchev–Trinajstić information content (AvgIpc) is 2.65. The number of carbonyl (C=O) groups is 1. The molecule has 1 saturated heterocycles. The first-order chi connectivity index (χ1) is 7.16. The maximum absolute atomic E-state index is 12.0. The Morgan fingerprint density at radius 3 is 2.60 bits per heavy atom. The van der Waals surface area contributed by atoms with Crippen molar-refractivity contribution in [1.82, 2.24) is 4.90 Å². The van der Waals surface area contributed by atoms with Gasteiger partial charge in [0.25, 0.3) is 5.91 Å². The molecule has 1 aliphatic heterocycles. The Balaban J connectivity index is 2.11. The van der Waals surface area contributed by atoms with Crippen LogP contribution in [0.25, 0.3) is 0 Å². The molecule has 4 heteroatoms. The summed E-state index contributed by atoms with van der Waals surface area (Å²) in [7, 11) is 0. The lowest BCUT2D eigenvalue weighted by atomic mass is 10.2. The molecule has 80 valence electrons. The van der Waals surface area contributed by atoms with Crippen LogP contribution in [0.4, 0.5) is 0 Å². The Bertz CT molecular complexity index is 363. The second kappa shape index (κ2) is 4.49. The highest BCUT2D eigenvalue weighted by atomic mass is 127. The maximum Gasteiger partial charge on any atom is 0.253 e.